The molecule has 0 heterocycles. The van der Waals surface area contributed by atoms with E-state index in [2.05, 4.69) is 6.07 Å². The molecule has 0 atom stereocenters. The van der Waals surface area contributed by atoms with E-state index in [0.717, 1.165) is 5.56 Å². The summed E-state index contributed by atoms with van der Waals surface area (Å²) in [5.41, 5.74) is 2.60. The first-order valence-electron chi connectivity index (χ1n) is 8.21. The molecule has 0 aromatic heterocycles. The zero-order chi connectivity index (χ0) is 20.1. The highest BCUT2D eigenvalue weighted by atomic mass is 35.5. The van der Waals surface area contributed by atoms with E-state index in [1.807, 2.05) is 30.3 Å². The minimum Gasteiger partial charge on any atom is -0.486 e. The molecular weight excluding hydrogens is 436 g/mol. The number of ether oxygens (including phenoxy) is 1. The van der Waals surface area contributed by atoms with E-state index >= 15 is 0 Å². The topological polar surface area (TPSA) is 33.0 Å². The summed E-state index contributed by atoms with van der Waals surface area (Å²) in [5, 5.41) is 11.1. The van der Waals surface area contributed by atoms with Crippen LogP contribution in [0.5, 0.6) is 5.75 Å². The monoisotopic (exact) mass is 447 g/mol. The lowest BCUT2D eigenvalue weighted by atomic mass is 10.0. The first-order valence-corrected chi connectivity index (χ1v) is 9.72. The Morgan fingerprint density at radius 3 is 2.18 bits per heavy atom. The second-order valence-corrected chi connectivity index (χ2v) is 7.54. The maximum atomic E-state index is 9.54. The summed E-state index contributed by atoms with van der Waals surface area (Å²) in [6.07, 6.45) is 1.66. The number of allylic oxidation sites excluding steroid dienone is 1. The van der Waals surface area contributed by atoms with Crippen LogP contribution >= 0.6 is 46.4 Å². The van der Waals surface area contributed by atoms with Gasteiger partial charge in [-0.25, -0.2) is 0 Å². The molecule has 140 valence electrons. The number of nitriles is 1. The smallest absolute Gasteiger partial charge is 0.157 e. The van der Waals surface area contributed by atoms with Crippen LogP contribution in [0, 0.1) is 11.3 Å². The molecule has 0 fully saturated rings. The molecule has 0 aliphatic rings. The minimum atomic E-state index is 0.347. The van der Waals surface area contributed by atoms with Crippen LogP contribution in [0.3, 0.4) is 0 Å². The van der Waals surface area contributed by atoms with Gasteiger partial charge in [0, 0.05) is 10.6 Å². The predicted octanol–water partition coefficient (Wildman–Crippen LogP) is 7.94. The normalized spacial score (nSPS) is 11.2. The van der Waals surface area contributed by atoms with Crippen molar-refractivity contribution in [1.29, 1.82) is 5.26 Å². The fraction of sp³-hybridized carbons (Fsp3) is 0.0455. The van der Waals surface area contributed by atoms with Crippen LogP contribution in [0.2, 0.25) is 20.1 Å². The first-order chi connectivity index (χ1) is 13.5. The molecule has 3 aromatic rings. The summed E-state index contributed by atoms with van der Waals surface area (Å²) in [4.78, 5) is 0. The van der Waals surface area contributed by atoms with E-state index in [1.165, 1.54) is 0 Å². The highest BCUT2D eigenvalue weighted by Gasteiger charge is 2.12. The van der Waals surface area contributed by atoms with Crippen molar-refractivity contribution in [3.8, 4) is 11.8 Å². The van der Waals surface area contributed by atoms with Crippen LogP contribution in [0.15, 0.2) is 60.7 Å². The van der Waals surface area contributed by atoms with Gasteiger partial charge in [0.2, 0.25) is 0 Å². The molecule has 0 N–H and O–H groups in total. The Balaban J connectivity index is 1.88. The Morgan fingerprint density at radius 1 is 0.893 bits per heavy atom. The fourth-order valence-electron chi connectivity index (χ4n) is 2.58. The van der Waals surface area contributed by atoms with Gasteiger partial charge < -0.3 is 4.74 Å². The van der Waals surface area contributed by atoms with Crippen LogP contribution in [-0.2, 0) is 6.61 Å². The molecule has 0 radical (unpaired) electrons. The van der Waals surface area contributed by atoms with E-state index in [-0.39, 0.29) is 0 Å². The second kappa shape index (κ2) is 9.37. The van der Waals surface area contributed by atoms with Gasteiger partial charge in [0.1, 0.15) is 6.61 Å². The molecule has 0 saturated carbocycles. The van der Waals surface area contributed by atoms with Crippen molar-refractivity contribution in [3.63, 3.8) is 0 Å². The largest absolute Gasteiger partial charge is 0.486 e. The van der Waals surface area contributed by atoms with Crippen molar-refractivity contribution < 1.29 is 4.74 Å². The maximum Gasteiger partial charge on any atom is 0.157 e. The van der Waals surface area contributed by atoms with Crippen LogP contribution in [0.1, 0.15) is 16.7 Å². The third-order valence-electron chi connectivity index (χ3n) is 3.90. The lowest BCUT2D eigenvalue weighted by Gasteiger charge is -2.11. The van der Waals surface area contributed by atoms with Gasteiger partial charge in [0.05, 0.1) is 26.7 Å². The zero-order valence-electron chi connectivity index (χ0n) is 14.4. The van der Waals surface area contributed by atoms with Crippen molar-refractivity contribution in [2.24, 2.45) is 0 Å². The quantitative estimate of drug-likeness (QED) is 0.293. The highest BCUT2D eigenvalue weighted by molar-refractivity contribution is 6.37. The molecule has 0 spiro atoms. The van der Waals surface area contributed by atoms with Crippen LogP contribution in [0.25, 0.3) is 11.6 Å². The van der Waals surface area contributed by atoms with Gasteiger partial charge in [-0.05, 0) is 41.5 Å². The van der Waals surface area contributed by atoms with Crippen molar-refractivity contribution >= 4 is 58.1 Å². The zero-order valence-corrected chi connectivity index (χ0v) is 17.4. The third kappa shape index (κ3) is 5.01. The number of hydrogen-bond donors (Lipinski definition) is 0. The Kier molecular flexibility index (Phi) is 6.88. The molecule has 0 bridgehead atoms. The molecule has 28 heavy (non-hydrogen) atoms. The molecule has 2 nitrogen and oxygen atoms in total. The standard InChI is InChI=1S/C22H13Cl4NO/c23-17-6-7-18(19(24)11-17)16(12-27)8-15-9-20(25)22(21(26)10-15)28-13-14-4-2-1-3-5-14/h1-11H,13H2/b16-8+. The average Bonchev–Trinajstić information content (AvgIpc) is 2.67. The van der Waals surface area contributed by atoms with E-state index in [9.17, 15) is 5.26 Å². The minimum absolute atomic E-state index is 0.347. The second-order valence-electron chi connectivity index (χ2n) is 5.88. The number of halogens is 4. The summed E-state index contributed by atoms with van der Waals surface area (Å²) in [6, 6.07) is 20.2. The molecule has 6 heteroatoms. The van der Waals surface area contributed by atoms with E-state index in [4.69, 9.17) is 51.1 Å². The third-order valence-corrected chi connectivity index (χ3v) is 5.01. The molecule has 0 aliphatic carbocycles. The fourth-order valence-corrected chi connectivity index (χ4v) is 3.70. The van der Waals surface area contributed by atoms with Gasteiger partial charge in [-0.15, -0.1) is 0 Å². The van der Waals surface area contributed by atoms with Crippen molar-refractivity contribution in [3.05, 3.63) is 97.4 Å². The van der Waals surface area contributed by atoms with Crippen molar-refractivity contribution in [2.45, 2.75) is 6.61 Å². The number of rotatable bonds is 5. The summed E-state index contributed by atoms with van der Waals surface area (Å²) in [5.74, 6) is 0.396. The molecule has 0 unspecified atom stereocenters. The Bertz CT molecular complexity index is 1050. The van der Waals surface area contributed by atoms with Gasteiger partial charge in [0.25, 0.3) is 0 Å². The number of hydrogen-bond acceptors (Lipinski definition) is 2. The van der Waals surface area contributed by atoms with Crippen LogP contribution in [-0.4, -0.2) is 0 Å². The maximum absolute atomic E-state index is 9.54. The molecule has 0 amide bonds. The Hall–Kier alpha value is -2.15. The van der Waals surface area contributed by atoms with Gasteiger partial charge in [-0.2, -0.15) is 5.26 Å². The SMILES string of the molecule is N#C/C(=C\c1cc(Cl)c(OCc2ccccc2)c(Cl)c1)c1ccc(Cl)cc1Cl. The van der Waals surface area contributed by atoms with Gasteiger partial charge in [0.15, 0.2) is 5.75 Å². The summed E-state index contributed by atoms with van der Waals surface area (Å²) in [6.45, 7) is 0.347. The van der Waals surface area contributed by atoms with Crippen LogP contribution < -0.4 is 4.74 Å². The molecule has 3 aromatic carbocycles. The lowest BCUT2D eigenvalue weighted by molar-refractivity contribution is 0.306. The van der Waals surface area contributed by atoms with Crippen molar-refractivity contribution in [1.82, 2.24) is 0 Å². The lowest BCUT2D eigenvalue weighted by Crippen LogP contribution is -1.96. The van der Waals surface area contributed by atoms with Crippen LogP contribution in [0.4, 0.5) is 0 Å². The molecule has 0 aliphatic heterocycles. The van der Waals surface area contributed by atoms with E-state index in [1.54, 1.807) is 36.4 Å². The molecular formula is C22H13Cl4NO. The van der Waals surface area contributed by atoms with Crippen molar-refractivity contribution in [2.75, 3.05) is 0 Å². The Morgan fingerprint density at radius 2 is 1.57 bits per heavy atom. The summed E-state index contributed by atoms with van der Waals surface area (Å²) < 4.78 is 5.77. The van der Waals surface area contributed by atoms with E-state index in [0.29, 0.717) is 49.1 Å². The predicted molar refractivity (Wildman–Crippen MR) is 117 cm³/mol. The first kappa shape index (κ1) is 20.6. The Labute approximate surface area is 183 Å². The number of benzene rings is 3. The van der Waals surface area contributed by atoms with E-state index < -0.39 is 0 Å². The number of nitrogens with zero attached hydrogens (tertiary/aromatic N) is 1. The molecule has 0 saturated heterocycles. The summed E-state index contributed by atoms with van der Waals surface area (Å²) >= 11 is 24.9. The highest BCUT2D eigenvalue weighted by Crippen LogP contribution is 2.36. The average molecular weight is 449 g/mol. The van der Waals surface area contributed by atoms with Gasteiger partial charge >= 0.3 is 0 Å². The van der Waals surface area contributed by atoms with Gasteiger partial charge in [-0.1, -0.05) is 82.8 Å². The summed E-state index contributed by atoms with van der Waals surface area (Å²) in [7, 11) is 0. The molecule has 3 rings (SSSR count). The van der Waals surface area contributed by atoms with Gasteiger partial charge in [-0.3, -0.25) is 0 Å².